The second-order valence-corrected chi connectivity index (χ2v) is 5.84. The molecular formula is C15H19N3O4S. The summed E-state index contributed by atoms with van der Waals surface area (Å²) in [6.07, 6.45) is 1.78. The summed E-state index contributed by atoms with van der Waals surface area (Å²) in [6, 6.07) is 1.87. The maximum absolute atomic E-state index is 12.5. The number of thiazole rings is 1. The van der Waals surface area contributed by atoms with Crippen molar-refractivity contribution in [2.24, 2.45) is 0 Å². The standard InChI is InChI=1S/C15H19N3O4S/c1-3-18-13(19)12(10-17-5-7-21-8-6-17)23-14(18)11(9-16)15(20)22-4-2/h10H,3-8H2,1-2H3/b12-10-,14-11-. The van der Waals surface area contributed by atoms with E-state index in [2.05, 4.69) is 0 Å². The van der Waals surface area contributed by atoms with E-state index in [0.29, 0.717) is 42.0 Å². The fourth-order valence-electron chi connectivity index (χ4n) is 2.24. The van der Waals surface area contributed by atoms with Gasteiger partial charge in [0.25, 0.3) is 5.56 Å². The number of esters is 1. The van der Waals surface area contributed by atoms with Crippen LogP contribution in [-0.4, -0.2) is 48.3 Å². The topological polar surface area (TPSA) is 84.6 Å². The molecule has 0 N–H and O–H groups in total. The molecule has 0 radical (unpaired) electrons. The number of hydrogen-bond donors (Lipinski definition) is 0. The highest BCUT2D eigenvalue weighted by Gasteiger charge is 2.16. The lowest BCUT2D eigenvalue weighted by atomic mass is 10.3. The lowest BCUT2D eigenvalue weighted by Gasteiger charge is -2.24. The van der Waals surface area contributed by atoms with Crippen LogP contribution in [0.25, 0.3) is 11.8 Å². The van der Waals surface area contributed by atoms with Crippen LogP contribution in [0.2, 0.25) is 0 Å². The number of hydrogen-bond acceptors (Lipinski definition) is 7. The minimum atomic E-state index is -0.698. The average molecular weight is 337 g/mol. The molecule has 8 heteroatoms. The zero-order valence-corrected chi connectivity index (χ0v) is 14.0. The third kappa shape index (κ3) is 3.81. The van der Waals surface area contributed by atoms with E-state index in [-0.39, 0.29) is 17.7 Å². The van der Waals surface area contributed by atoms with Crippen molar-refractivity contribution in [3.8, 4) is 6.07 Å². The Hall–Kier alpha value is -2.11. The van der Waals surface area contributed by atoms with Gasteiger partial charge in [-0.15, -0.1) is 11.3 Å². The summed E-state index contributed by atoms with van der Waals surface area (Å²) in [5, 5.41) is 9.28. The minimum Gasteiger partial charge on any atom is -0.462 e. The highest BCUT2D eigenvalue weighted by Crippen LogP contribution is 1.99. The summed E-state index contributed by atoms with van der Waals surface area (Å²) in [5.41, 5.74) is -0.325. The smallest absolute Gasteiger partial charge is 0.351 e. The number of nitrogens with zero attached hydrogens (tertiary/aromatic N) is 3. The summed E-state index contributed by atoms with van der Waals surface area (Å²) in [7, 11) is 0. The van der Waals surface area contributed by atoms with Gasteiger partial charge in [-0.2, -0.15) is 5.26 Å². The zero-order valence-electron chi connectivity index (χ0n) is 13.2. The molecule has 0 atom stereocenters. The summed E-state index contributed by atoms with van der Waals surface area (Å²) < 4.78 is 12.5. The molecule has 1 aromatic heterocycles. The van der Waals surface area contributed by atoms with E-state index in [9.17, 15) is 14.9 Å². The van der Waals surface area contributed by atoms with Crippen LogP contribution in [0.15, 0.2) is 4.79 Å². The third-order valence-electron chi connectivity index (χ3n) is 3.37. The van der Waals surface area contributed by atoms with Crippen LogP contribution >= 0.6 is 11.3 Å². The van der Waals surface area contributed by atoms with Gasteiger partial charge < -0.3 is 14.4 Å². The van der Waals surface area contributed by atoms with Crippen LogP contribution in [0.1, 0.15) is 13.8 Å². The van der Waals surface area contributed by atoms with Crippen molar-refractivity contribution in [1.82, 2.24) is 9.47 Å². The van der Waals surface area contributed by atoms with Gasteiger partial charge in [0.05, 0.1) is 19.8 Å². The normalized spacial score (nSPS) is 16.9. The Labute approximate surface area is 137 Å². The number of nitriles is 1. The number of ether oxygens (including phenoxy) is 2. The van der Waals surface area contributed by atoms with E-state index in [1.807, 2.05) is 11.0 Å². The van der Waals surface area contributed by atoms with E-state index in [4.69, 9.17) is 9.47 Å². The van der Waals surface area contributed by atoms with Crippen molar-refractivity contribution < 1.29 is 14.3 Å². The Balaban J connectivity index is 2.60. The molecule has 1 fully saturated rings. The van der Waals surface area contributed by atoms with Crippen LogP contribution in [0, 0.1) is 11.3 Å². The Bertz CT molecular complexity index is 781. The van der Waals surface area contributed by atoms with Crippen LogP contribution < -0.4 is 14.8 Å². The molecule has 124 valence electrons. The summed E-state index contributed by atoms with van der Waals surface area (Å²) >= 11 is 1.14. The third-order valence-corrected chi connectivity index (χ3v) is 4.49. The number of carbonyl (C=O) groups excluding carboxylic acids is 1. The van der Waals surface area contributed by atoms with E-state index < -0.39 is 5.97 Å². The molecular weight excluding hydrogens is 318 g/mol. The molecule has 0 aromatic carbocycles. The average Bonchev–Trinajstić information content (AvgIpc) is 2.85. The maximum Gasteiger partial charge on any atom is 0.351 e. The van der Waals surface area contributed by atoms with Gasteiger partial charge in [0.1, 0.15) is 15.3 Å². The molecule has 1 aromatic rings. The van der Waals surface area contributed by atoms with Crippen molar-refractivity contribution in [3.63, 3.8) is 0 Å². The fraction of sp³-hybridized carbons (Fsp3) is 0.533. The quantitative estimate of drug-likeness (QED) is 0.672. The molecule has 2 rings (SSSR count). The van der Waals surface area contributed by atoms with E-state index in [1.54, 1.807) is 20.0 Å². The first-order chi connectivity index (χ1) is 11.1. The largest absolute Gasteiger partial charge is 0.462 e. The molecule has 0 bridgehead atoms. The van der Waals surface area contributed by atoms with Gasteiger partial charge in [-0.1, -0.05) is 0 Å². The summed E-state index contributed by atoms with van der Waals surface area (Å²) in [5.74, 6) is -0.698. The highest BCUT2D eigenvalue weighted by atomic mass is 32.1. The first kappa shape index (κ1) is 17.2. The number of aromatic nitrogens is 1. The van der Waals surface area contributed by atoms with Gasteiger partial charge in [0.15, 0.2) is 5.57 Å². The Kier molecular flexibility index (Phi) is 5.96. The van der Waals surface area contributed by atoms with Crippen LogP contribution in [0.5, 0.6) is 0 Å². The lowest BCUT2D eigenvalue weighted by molar-refractivity contribution is -0.136. The van der Waals surface area contributed by atoms with Crippen LogP contribution in [0.3, 0.4) is 0 Å². The molecule has 0 amide bonds. The molecule has 0 aliphatic carbocycles. The van der Waals surface area contributed by atoms with Gasteiger partial charge >= 0.3 is 5.97 Å². The Morgan fingerprint density at radius 1 is 1.43 bits per heavy atom. The van der Waals surface area contributed by atoms with Crippen molar-refractivity contribution in [3.05, 3.63) is 19.5 Å². The van der Waals surface area contributed by atoms with Crippen molar-refractivity contribution in [2.75, 3.05) is 32.9 Å². The molecule has 0 spiro atoms. The fourth-order valence-corrected chi connectivity index (χ4v) is 3.40. The number of morpholine rings is 1. The number of carbonyl (C=O) groups is 1. The van der Waals surface area contributed by atoms with Gasteiger partial charge in [-0.3, -0.25) is 9.36 Å². The first-order valence-electron chi connectivity index (χ1n) is 7.47. The monoisotopic (exact) mass is 337 g/mol. The predicted octanol–water partition coefficient (Wildman–Crippen LogP) is -0.763. The number of rotatable bonds is 4. The van der Waals surface area contributed by atoms with E-state index in [0.717, 1.165) is 11.3 Å². The van der Waals surface area contributed by atoms with Crippen LogP contribution in [-0.2, 0) is 20.8 Å². The SMILES string of the molecule is CCOC(=O)/C(C#N)=c1\s/c(=C\N2CCOCC2)c(=O)n1CC. The molecule has 2 heterocycles. The second-order valence-electron chi connectivity index (χ2n) is 4.81. The molecule has 1 saturated heterocycles. The van der Waals surface area contributed by atoms with Gasteiger partial charge in [-0.25, -0.2) is 4.79 Å². The minimum absolute atomic E-state index is 0.127. The first-order valence-corrected chi connectivity index (χ1v) is 8.28. The molecule has 0 saturated carbocycles. The van der Waals surface area contributed by atoms with Gasteiger partial charge in [-0.05, 0) is 13.8 Å². The van der Waals surface area contributed by atoms with E-state index >= 15 is 0 Å². The predicted molar refractivity (Wildman–Crippen MR) is 86.0 cm³/mol. The van der Waals surface area contributed by atoms with Crippen molar-refractivity contribution in [2.45, 2.75) is 20.4 Å². The van der Waals surface area contributed by atoms with Crippen molar-refractivity contribution >= 4 is 29.1 Å². The van der Waals surface area contributed by atoms with Crippen LogP contribution in [0.4, 0.5) is 0 Å². The Morgan fingerprint density at radius 2 is 2.13 bits per heavy atom. The summed E-state index contributed by atoms with van der Waals surface area (Å²) in [4.78, 5) is 26.4. The molecule has 23 heavy (non-hydrogen) atoms. The maximum atomic E-state index is 12.5. The van der Waals surface area contributed by atoms with Crippen molar-refractivity contribution in [1.29, 1.82) is 5.26 Å². The highest BCUT2D eigenvalue weighted by molar-refractivity contribution is 7.07. The second kappa shape index (κ2) is 7.94. The van der Waals surface area contributed by atoms with Gasteiger partial charge in [0.2, 0.25) is 0 Å². The molecule has 1 aliphatic heterocycles. The summed E-state index contributed by atoms with van der Waals surface area (Å²) in [6.45, 7) is 6.70. The van der Waals surface area contributed by atoms with Gasteiger partial charge in [0, 0.05) is 25.8 Å². The molecule has 7 nitrogen and oxygen atoms in total. The Morgan fingerprint density at radius 3 is 2.70 bits per heavy atom. The molecule has 0 unspecified atom stereocenters. The lowest BCUT2D eigenvalue weighted by Crippen LogP contribution is -2.37. The van der Waals surface area contributed by atoms with E-state index in [1.165, 1.54) is 4.57 Å². The zero-order chi connectivity index (χ0) is 16.8. The molecule has 1 aliphatic rings.